The highest BCUT2D eigenvalue weighted by Crippen LogP contribution is 2.55. The van der Waals surface area contributed by atoms with E-state index in [1.807, 2.05) is 0 Å². The fraction of sp³-hybridized carbons (Fsp3) is 0.684. The third kappa shape index (κ3) is 1.89. The zero-order valence-corrected chi connectivity index (χ0v) is 14.0. The molecule has 2 unspecified atom stereocenters. The average molecular weight is 315 g/mol. The first-order chi connectivity index (χ1) is 11.1. The minimum atomic E-state index is 0.245. The molecule has 4 aliphatic heterocycles. The molecular formula is C19H25NO3. The van der Waals surface area contributed by atoms with Gasteiger partial charge in [-0.15, -0.1) is 0 Å². The molecule has 4 aliphatic rings. The second-order valence-electron chi connectivity index (χ2n) is 8.18. The van der Waals surface area contributed by atoms with Gasteiger partial charge in [-0.3, -0.25) is 4.90 Å². The number of hydrogen-bond donors (Lipinski definition) is 0. The minimum absolute atomic E-state index is 0.245. The standard InChI is InChI=1S/C19H25NO3/c1-13-14(2)23-17-4-3-15(5-16(13)17)6-20-7-18-9-21-11-19(18,8-20)12-22-10-18/h3-5,13-14H,6-12H2,1-2H3. The fourth-order valence-corrected chi connectivity index (χ4v) is 5.09. The van der Waals surface area contributed by atoms with Gasteiger partial charge >= 0.3 is 0 Å². The van der Waals surface area contributed by atoms with E-state index in [1.54, 1.807) is 0 Å². The maximum absolute atomic E-state index is 5.92. The second-order valence-corrected chi connectivity index (χ2v) is 8.18. The van der Waals surface area contributed by atoms with Gasteiger partial charge in [-0.25, -0.2) is 0 Å². The maximum atomic E-state index is 5.92. The highest BCUT2D eigenvalue weighted by atomic mass is 16.5. The van der Waals surface area contributed by atoms with Gasteiger partial charge in [0.1, 0.15) is 11.9 Å². The first-order valence-corrected chi connectivity index (χ1v) is 8.78. The van der Waals surface area contributed by atoms with Crippen LogP contribution in [0.3, 0.4) is 0 Å². The van der Waals surface area contributed by atoms with Crippen molar-refractivity contribution in [3.05, 3.63) is 29.3 Å². The Bertz CT molecular complexity index is 614. The Balaban J connectivity index is 1.36. The Morgan fingerprint density at radius 3 is 2.35 bits per heavy atom. The summed E-state index contributed by atoms with van der Waals surface area (Å²) >= 11 is 0. The summed E-state index contributed by atoms with van der Waals surface area (Å²) in [5, 5.41) is 0. The molecule has 5 rings (SSSR count). The largest absolute Gasteiger partial charge is 0.490 e. The van der Waals surface area contributed by atoms with E-state index in [-0.39, 0.29) is 16.9 Å². The van der Waals surface area contributed by atoms with Gasteiger partial charge < -0.3 is 14.2 Å². The monoisotopic (exact) mass is 315 g/mol. The number of ether oxygens (including phenoxy) is 3. The van der Waals surface area contributed by atoms with Crippen molar-refractivity contribution in [2.45, 2.75) is 32.4 Å². The average Bonchev–Trinajstić information content (AvgIpc) is 3.15. The van der Waals surface area contributed by atoms with Crippen LogP contribution in [0, 0.1) is 10.8 Å². The van der Waals surface area contributed by atoms with Gasteiger partial charge in [-0.05, 0) is 18.6 Å². The van der Waals surface area contributed by atoms with Crippen LogP contribution < -0.4 is 4.74 Å². The van der Waals surface area contributed by atoms with Crippen LogP contribution in [0.5, 0.6) is 5.75 Å². The molecule has 23 heavy (non-hydrogen) atoms. The second kappa shape index (κ2) is 4.71. The Labute approximate surface area is 137 Å². The van der Waals surface area contributed by atoms with Crippen molar-refractivity contribution in [3.63, 3.8) is 0 Å². The fourth-order valence-electron chi connectivity index (χ4n) is 5.09. The van der Waals surface area contributed by atoms with Crippen LogP contribution in [0.2, 0.25) is 0 Å². The summed E-state index contributed by atoms with van der Waals surface area (Å²) in [5.41, 5.74) is 3.27. The number of nitrogens with zero attached hydrogens (tertiary/aromatic N) is 1. The van der Waals surface area contributed by atoms with Crippen LogP contribution in [0.4, 0.5) is 0 Å². The first-order valence-electron chi connectivity index (χ1n) is 8.78. The molecule has 1 aromatic carbocycles. The molecule has 0 spiro atoms. The van der Waals surface area contributed by atoms with Gasteiger partial charge in [-0.1, -0.05) is 19.1 Å². The summed E-state index contributed by atoms with van der Waals surface area (Å²) in [6, 6.07) is 6.75. The normalized spacial score (nSPS) is 41.7. The van der Waals surface area contributed by atoms with E-state index in [9.17, 15) is 0 Å². The SMILES string of the molecule is CC1Oc2ccc(CN3CC45COCC4(COC5)C3)cc2C1C. The first kappa shape index (κ1) is 14.3. The van der Waals surface area contributed by atoms with Gasteiger partial charge in [0.25, 0.3) is 0 Å². The predicted octanol–water partition coefficient (Wildman–Crippen LogP) is 2.42. The highest BCUT2D eigenvalue weighted by molar-refractivity contribution is 5.43. The van der Waals surface area contributed by atoms with E-state index < -0.39 is 0 Å². The summed E-state index contributed by atoms with van der Waals surface area (Å²) in [7, 11) is 0. The highest BCUT2D eigenvalue weighted by Gasteiger charge is 2.64. The molecule has 4 heteroatoms. The smallest absolute Gasteiger partial charge is 0.123 e. The molecule has 4 nitrogen and oxygen atoms in total. The quantitative estimate of drug-likeness (QED) is 0.839. The van der Waals surface area contributed by atoms with Crippen LogP contribution in [0.25, 0.3) is 0 Å². The third-order valence-corrected chi connectivity index (χ3v) is 6.68. The lowest BCUT2D eigenvalue weighted by molar-refractivity contribution is 0.0460. The van der Waals surface area contributed by atoms with Crippen LogP contribution in [-0.4, -0.2) is 50.5 Å². The lowest BCUT2D eigenvalue weighted by Crippen LogP contribution is -2.38. The molecule has 124 valence electrons. The van der Waals surface area contributed by atoms with Gasteiger partial charge in [0.15, 0.2) is 0 Å². The summed E-state index contributed by atoms with van der Waals surface area (Å²) < 4.78 is 17.6. The summed E-state index contributed by atoms with van der Waals surface area (Å²) in [6.45, 7) is 11.1. The third-order valence-electron chi connectivity index (χ3n) is 6.68. The number of fused-ring (bicyclic) bond motifs is 1. The van der Waals surface area contributed by atoms with Crippen LogP contribution >= 0.6 is 0 Å². The van der Waals surface area contributed by atoms with Crippen molar-refractivity contribution in [1.82, 2.24) is 4.90 Å². The molecule has 3 saturated heterocycles. The van der Waals surface area contributed by atoms with Crippen molar-refractivity contribution < 1.29 is 14.2 Å². The number of likely N-dealkylation sites (tertiary alicyclic amines) is 1. The molecule has 0 aromatic heterocycles. The van der Waals surface area contributed by atoms with Gasteiger partial charge in [0, 0.05) is 41.9 Å². The molecule has 3 fully saturated rings. The van der Waals surface area contributed by atoms with E-state index in [1.165, 1.54) is 11.1 Å². The predicted molar refractivity (Wildman–Crippen MR) is 86.7 cm³/mol. The van der Waals surface area contributed by atoms with Crippen molar-refractivity contribution in [1.29, 1.82) is 0 Å². The number of hydrogen-bond acceptors (Lipinski definition) is 4. The van der Waals surface area contributed by atoms with Gasteiger partial charge in [0.05, 0.1) is 26.4 Å². The van der Waals surface area contributed by atoms with Crippen molar-refractivity contribution >= 4 is 0 Å². The van der Waals surface area contributed by atoms with E-state index in [0.29, 0.717) is 5.92 Å². The summed E-state index contributed by atoms with van der Waals surface area (Å²) in [5.74, 6) is 1.56. The Morgan fingerprint density at radius 2 is 1.70 bits per heavy atom. The lowest BCUT2D eigenvalue weighted by atomic mass is 9.71. The summed E-state index contributed by atoms with van der Waals surface area (Å²) in [4.78, 5) is 2.61. The Morgan fingerprint density at radius 1 is 1.04 bits per heavy atom. The van der Waals surface area contributed by atoms with E-state index in [4.69, 9.17) is 14.2 Å². The van der Waals surface area contributed by atoms with E-state index in [2.05, 4.69) is 36.9 Å². The molecular weight excluding hydrogens is 290 g/mol. The number of rotatable bonds is 2. The molecule has 0 saturated carbocycles. The summed E-state index contributed by atoms with van der Waals surface area (Å²) in [6.07, 6.45) is 0.290. The molecule has 0 radical (unpaired) electrons. The van der Waals surface area contributed by atoms with Gasteiger partial charge in [-0.2, -0.15) is 0 Å². The zero-order chi connectivity index (χ0) is 15.7. The van der Waals surface area contributed by atoms with E-state index in [0.717, 1.165) is 51.8 Å². The molecule has 0 bridgehead atoms. The lowest BCUT2D eigenvalue weighted by Gasteiger charge is -2.26. The zero-order valence-electron chi connectivity index (χ0n) is 14.0. The molecule has 2 atom stereocenters. The van der Waals surface area contributed by atoms with Crippen molar-refractivity contribution in [2.24, 2.45) is 10.8 Å². The van der Waals surface area contributed by atoms with Crippen molar-refractivity contribution in [2.75, 3.05) is 39.5 Å². The molecule has 0 N–H and O–H groups in total. The maximum Gasteiger partial charge on any atom is 0.123 e. The van der Waals surface area contributed by atoms with Crippen LogP contribution in [-0.2, 0) is 16.0 Å². The van der Waals surface area contributed by atoms with Crippen LogP contribution in [0.1, 0.15) is 30.9 Å². The molecule has 0 amide bonds. The Hall–Kier alpha value is -1.10. The van der Waals surface area contributed by atoms with Crippen LogP contribution in [0.15, 0.2) is 18.2 Å². The molecule has 1 aromatic rings. The van der Waals surface area contributed by atoms with Crippen molar-refractivity contribution in [3.8, 4) is 5.75 Å². The minimum Gasteiger partial charge on any atom is -0.490 e. The molecule has 0 aliphatic carbocycles. The van der Waals surface area contributed by atoms with Gasteiger partial charge in [0.2, 0.25) is 0 Å². The van der Waals surface area contributed by atoms with E-state index >= 15 is 0 Å². The number of benzene rings is 1. The topological polar surface area (TPSA) is 30.9 Å². The molecule has 4 heterocycles. The Kier molecular flexibility index (Phi) is 2.92.